The lowest BCUT2D eigenvalue weighted by molar-refractivity contribution is -0.192. The molecule has 30 heavy (non-hydrogen) atoms. The fraction of sp³-hybridized carbons (Fsp3) is 0.722. The van der Waals surface area contributed by atoms with Crippen LogP contribution in [0.2, 0.25) is 0 Å². The monoisotopic (exact) mass is 450 g/mol. The number of thiazole rings is 1. The number of ether oxygens (including phenoxy) is 1. The topological polar surface area (TPSA) is 95.0 Å². The van der Waals surface area contributed by atoms with E-state index in [1.165, 1.54) is 5.01 Å². The second-order valence-electron chi connectivity index (χ2n) is 7.83. The molecule has 4 heterocycles. The van der Waals surface area contributed by atoms with E-state index in [9.17, 15) is 18.0 Å². The molecule has 3 aliphatic heterocycles. The molecule has 3 fully saturated rings. The summed E-state index contributed by atoms with van der Waals surface area (Å²) in [6, 6.07) is 0.0981. The van der Waals surface area contributed by atoms with Gasteiger partial charge in [-0.05, 0) is 12.8 Å². The molecule has 8 nitrogen and oxygen atoms in total. The average Bonchev–Trinajstić information content (AvgIpc) is 3.44. The number of alkyl halides is 3. The highest BCUT2D eigenvalue weighted by molar-refractivity contribution is 7.09. The van der Waals surface area contributed by atoms with E-state index in [0.29, 0.717) is 5.92 Å². The standard InChI is InChI=1S/C16H24N4O2S.C2HF3O2/c21-15(20-4-1-2-5-20)18-10-16-11-19(7-13(16)9-22-12-16)8-14-17-3-6-23-14;3-2(4,5)1(6)7/h3,6,13H,1-2,4-5,7-12H2,(H,18,21);(H,6,7)/t13-,16+;/m1./s1. The van der Waals surface area contributed by atoms with Crippen LogP contribution in [0.4, 0.5) is 18.0 Å². The molecule has 0 unspecified atom stereocenters. The lowest BCUT2D eigenvalue weighted by Crippen LogP contribution is -2.47. The van der Waals surface area contributed by atoms with Crippen LogP contribution in [-0.4, -0.2) is 84.0 Å². The fourth-order valence-corrected chi connectivity index (χ4v) is 4.78. The summed E-state index contributed by atoms with van der Waals surface area (Å²) in [5.41, 5.74) is 0.0760. The van der Waals surface area contributed by atoms with Gasteiger partial charge in [-0.25, -0.2) is 14.6 Å². The largest absolute Gasteiger partial charge is 0.490 e. The minimum absolute atomic E-state index is 0.0760. The quantitative estimate of drug-likeness (QED) is 0.729. The fourth-order valence-electron chi connectivity index (χ4n) is 4.12. The number of aliphatic carboxylic acids is 1. The third kappa shape index (κ3) is 5.61. The van der Waals surface area contributed by atoms with Gasteiger partial charge in [0.1, 0.15) is 5.01 Å². The Kier molecular flexibility index (Phi) is 7.19. The maximum absolute atomic E-state index is 12.3. The molecule has 12 heteroatoms. The average molecular weight is 450 g/mol. The van der Waals surface area contributed by atoms with Crippen molar-refractivity contribution < 1.29 is 32.6 Å². The molecule has 0 aliphatic carbocycles. The minimum Gasteiger partial charge on any atom is -0.475 e. The molecule has 1 aromatic rings. The number of carboxylic acid groups (broad SMARTS) is 1. The second-order valence-corrected chi connectivity index (χ2v) is 8.80. The summed E-state index contributed by atoms with van der Waals surface area (Å²) in [6.45, 7) is 7.03. The molecule has 0 aromatic carbocycles. The van der Waals surface area contributed by atoms with Gasteiger partial charge in [-0.3, -0.25) is 4.90 Å². The maximum atomic E-state index is 12.3. The Balaban J connectivity index is 0.000000318. The molecule has 0 saturated carbocycles. The molecule has 0 radical (unpaired) electrons. The number of carbonyl (C=O) groups is 2. The van der Waals surface area contributed by atoms with Gasteiger partial charge < -0.3 is 20.1 Å². The number of nitrogens with one attached hydrogen (secondary N) is 1. The maximum Gasteiger partial charge on any atom is 0.490 e. The molecule has 2 amide bonds. The van der Waals surface area contributed by atoms with Crippen molar-refractivity contribution in [2.45, 2.75) is 25.6 Å². The van der Waals surface area contributed by atoms with Crippen LogP contribution in [0.3, 0.4) is 0 Å². The van der Waals surface area contributed by atoms with E-state index in [4.69, 9.17) is 14.6 Å². The molecular weight excluding hydrogens is 425 g/mol. The van der Waals surface area contributed by atoms with Crippen LogP contribution in [0.25, 0.3) is 0 Å². The molecule has 0 bridgehead atoms. The Morgan fingerprint density at radius 1 is 1.37 bits per heavy atom. The zero-order valence-electron chi connectivity index (χ0n) is 16.4. The van der Waals surface area contributed by atoms with E-state index in [-0.39, 0.29) is 11.4 Å². The molecule has 4 rings (SSSR count). The van der Waals surface area contributed by atoms with Gasteiger partial charge in [0, 0.05) is 55.6 Å². The lowest BCUT2D eigenvalue weighted by atomic mass is 9.81. The van der Waals surface area contributed by atoms with Crippen molar-refractivity contribution in [3.05, 3.63) is 16.6 Å². The smallest absolute Gasteiger partial charge is 0.475 e. The Hall–Kier alpha value is -1.92. The summed E-state index contributed by atoms with van der Waals surface area (Å²) in [5.74, 6) is -2.24. The van der Waals surface area contributed by atoms with Gasteiger partial charge in [-0.15, -0.1) is 11.3 Å². The van der Waals surface area contributed by atoms with Gasteiger partial charge in [0.05, 0.1) is 19.8 Å². The summed E-state index contributed by atoms with van der Waals surface area (Å²) in [6.07, 6.45) is -0.955. The summed E-state index contributed by atoms with van der Waals surface area (Å²) < 4.78 is 37.5. The Bertz CT molecular complexity index is 728. The number of amides is 2. The van der Waals surface area contributed by atoms with E-state index < -0.39 is 12.1 Å². The first-order chi connectivity index (χ1) is 14.2. The Labute approximate surface area is 176 Å². The van der Waals surface area contributed by atoms with Crippen LogP contribution >= 0.6 is 11.3 Å². The SMILES string of the molecule is O=C(NC[C@]12COC[C@H]1CN(Cc1nccs1)C2)N1CCCC1.O=C(O)C(F)(F)F. The van der Waals surface area contributed by atoms with Crippen molar-refractivity contribution >= 4 is 23.3 Å². The molecule has 2 N–H and O–H groups in total. The van der Waals surface area contributed by atoms with E-state index in [0.717, 1.165) is 65.3 Å². The highest BCUT2D eigenvalue weighted by Crippen LogP contribution is 2.41. The number of halogens is 3. The lowest BCUT2D eigenvalue weighted by Gasteiger charge is -2.28. The zero-order valence-corrected chi connectivity index (χ0v) is 17.2. The molecule has 3 aliphatic rings. The van der Waals surface area contributed by atoms with Gasteiger partial charge >= 0.3 is 18.2 Å². The van der Waals surface area contributed by atoms with Gasteiger partial charge in [-0.2, -0.15) is 13.2 Å². The summed E-state index contributed by atoms with van der Waals surface area (Å²) in [7, 11) is 0. The van der Waals surface area contributed by atoms with Crippen molar-refractivity contribution in [1.82, 2.24) is 20.1 Å². The van der Waals surface area contributed by atoms with Crippen molar-refractivity contribution in [2.24, 2.45) is 11.3 Å². The molecule has 3 saturated heterocycles. The van der Waals surface area contributed by atoms with E-state index >= 15 is 0 Å². The first kappa shape index (κ1) is 22.8. The van der Waals surface area contributed by atoms with Crippen LogP contribution in [0, 0.1) is 11.3 Å². The van der Waals surface area contributed by atoms with Gasteiger partial charge in [-0.1, -0.05) is 0 Å². The summed E-state index contributed by atoms with van der Waals surface area (Å²) in [4.78, 5) is 30.0. The molecule has 1 aromatic heterocycles. The predicted molar refractivity (Wildman–Crippen MR) is 102 cm³/mol. The highest BCUT2D eigenvalue weighted by Gasteiger charge is 2.50. The van der Waals surface area contributed by atoms with Gasteiger partial charge in [0.2, 0.25) is 0 Å². The Morgan fingerprint density at radius 3 is 2.67 bits per heavy atom. The van der Waals surface area contributed by atoms with Crippen LogP contribution in [0.15, 0.2) is 11.6 Å². The molecule has 2 atom stereocenters. The number of rotatable bonds is 4. The first-order valence-corrected chi connectivity index (χ1v) is 10.6. The first-order valence-electron chi connectivity index (χ1n) is 9.71. The third-order valence-corrected chi connectivity index (χ3v) is 6.43. The number of aromatic nitrogens is 1. The predicted octanol–water partition coefficient (Wildman–Crippen LogP) is 2.03. The van der Waals surface area contributed by atoms with Crippen molar-refractivity contribution in [1.29, 1.82) is 0 Å². The van der Waals surface area contributed by atoms with E-state index in [2.05, 4.69) is 15.2 Å². The molecule has 0 spiro atoms. The Morgan fingerprint density at radius 2 is 2.07 bits per heavy atom. The third-order valence-electron chi connectivity index (χ3n) is 5.66. The minimum atomic E-state index is -5.08. The highest BCUT2D eigenvalue weighted by atomic mass is 32.1. The number of hydrogen-bond acceptors (Lipinski definition) is 6. The number of urea groups is 1. The van der Waals surface area contributed by atoms with Crippen LogP contribution in [0.1, 0.15) is 17.8 Å². The van der Waals surface area contributed by atoms with Gasteiger partial charge in [0.15, 0.2) is 0 Å². The number of likely N-dealkylation sites (tertiary alicyclic amines) is 2. The second kappa shape index (κ2) is 9.48. The van der Waals surface area contributed by atoms with Crippen molar-refractivity contribution in [2.75, 3.05) is 45.9 Å². The number of fused-ring (bicyclic) bond motifs is 1. The van der Waals surface area contributed by atoms with Crippen molar-refractivity contribution in [3.63, 3.8) is 0 Å². The van der Waals surface area contributed by atoms with E-state index in [1.807, 2.05) is 16.5 Å². The van der Waals surface area contributed by atoms with Crippen molar-refractivity contribution in [3.8, 4) is 0 Å². The van der Waals surface area contributed by atoms with Crippen LogP contribution in [-0.2, 0) is 16.1 Å². The normalized spacial score (nSPS) is 26.2. The van der Waals surface area contributed by atoms with Crippen LogP contribution in [0.5, 0.6) is 0 Å². The number of hydrogen-bond donors (Lipinski definition) is 2. The number of carboxylic acids is 1. The van der Waals surface area contributed by atoms with E-state index in [1.54, 1.807) is 11.3 Å². The van der Waals surface area contributed by atoms with Gasteiger partial charge in [0.25, 0.3) is 0 Å². The van der Waals surface area contributed by atoms with Crippen LogP contribution < -0.4 is 5.32 Å². The molecular formula is C18H25F3N4O4S. The summed E-state index contributed by atoms with van der Waals surface area (Å²) in [5, 5.41) is 13.5. The number of carbonyl (C=O) groups excluding carboxylic acids is 1. The zero-order chi connectivity index (χ0) is 21.8. The summed E-state index contributed by atoms with van der Waals surface area (Å²) >= 11 is 1.71. The molecule has 168 valence electrons. The number of nitrogens with zero attached hydrogens (tertiary/aromatic N) is 3.